The van der Waals surface area contributed by atoms with E-state index < -0.39 is 0 Å². The Hall–Kier alpha value is -1.31. The highest BCUT2D eigenvalue weighted by Gasteiger charge is 2.10. The Balaban J connectivity index is 2.71. The second-order valence-electron chi connectivity index (χ2n) is 4.17. The lowest BCUT2D eigenvalue weighted by Crippen LogP contribution is -2.16. The summed E-state index contributed by atoms with van der Waals surface area (Å²) in [5, 5.41) is 4.07. The number of hydrogen-bond donors (Lipinski definition) is 0. The van der Waals surface area contributed by atoms with Gasteiger partial charge in [-0.25, -0.2) is 0 Å². The maximum Gasteiger partial charge on any atom is 0.129 e. The van der Waals surface area contributed by atoms with Crippen LogP contribution < -0.4 is 0 Å². The predicted octanol–water partition coefficient (Wildman–Crippen LogP) is 3.03. The standard InChI is InChI=1S/C12H16NO/c1-10(13-14-12(2,3)4)11-8-6-5-7-9-11/h6-9H,1-4H3/b13-10+. The van der Waals surface area contributed by atoms with Crippen molar-refractivity contribution in [1.82, 2.24) is 0 Å². The van der Waals surface area contributed by atoms with E-state index in [1.54, 1.807) is 0 Å². The molecule has 0 aliphatic carbocycles. The second-order valence-corrected chi connectivity index (χ2v) is 4.17. The molecule has 1 aromatic carbocycles. The fourth-order valence-electron chi connectivity index (χ4n) is 0.886. The molecule has 0 amide bonds. The fraction of sp³-hybridized carbons (Fsp3) is 0.417. The minimum atomic E-state index is -0.234. The molecule has 1 rings (SSSR count). The lowest BCUT2D eigenvalue weighted by Gasteiger charge is -2.16. The monoisotopic (exact) mass is 190 g/mol. The van der Waals surface area contributed by atoms with Gasteiger partial charge in [-0.05, 0) is 39.3 Å². The Morgan fingerprint density at radius 1 is 1.29 bits per heavy atom. The van der Waals surface area contributed by atoms with Crippen LogP contribution in [-0.2, 0) is 4.84 Å². The smallest absolute Gasteiger partial charge is 0.129 e. The van der Waals surface area contributed by atoms with Crippen molar-refractivity contribution < 1.29 is 4.84 Å². The number of nitrogens with zero attached hydrogens (tertiary/aromatic N) is 1. The van der Waals surface area contributed by atoms with Crippen molar-refractivity contribution in [3.63, 3.8) is 0 Å². The Kier molecular flexibility index (Phi) is 3.28. The first-order valence-electron chi connectivity index (χ1n) is 4.68. The molecule has 0 fully saturated rings. The van der Waals surface area contributed by atoms with Crippen molar-refractivity contribution in [2.45, 2.75) is 33.3 Å². The zero-order valence-electron chi connectivity index (χ0n) is 9.16. The van der Waals surface area contributed by atoms with Crippen molar-refractivity contribution in [3.05, 3.63) is 35.9 Å². The maximum atomic E-state index is 5.32. The molecule has 1 aromatic rings. The largest absolute Gasteiger partial charge is 0.390 e. The number of benzene rings is 1. The van der Waals surface area contributed by atoms with Crippen LogP contribution >= 0.6 is 0 Å². The summed E-state index contributed by atoms with van der Waals surface area (Å²) in [6.07, 6.45) is 0. The van der Waals surface area contributed by atoms with Gasteiger partial charge in [0.1, 0.15) is 5.60 Å². The molecular weight excluding hydrogens is 174 g/mol. The van der Waals surface area contributed by atoms with Crippen LogP contribution in [0.5, 0.6) is 0 Å². The summed E-state index contributed by atoms with van der Waals surface area (Å²) >= 11 is 0. The van der Waals surface area contributed by atoms with Crippen LogP contribution in [0.25, 0.3) is 0 Å². The van der Waals surface area contributed by atoms with E-state index in [0.717, 1.165) is 11.3 Å². The Morgan fingerprint density at radius 2 is 1.86 bits per heavy atom. The van der Waals surface area contributed by atoms with Gasteiger partial charge in [-0.3, -0.25) is 0 Å². The van der Waals surface area contributed by atoms with Crippen molar-refractivity contribution in [1.29, 1.82) is 0 Å². The van der Waals surface area contributed by atoms with Gasteiger partial charge in [0, 0.05) is 0 Å². The summed E-state index contributed by atoms with van der Waals surface area (Å²) in [7, 11) is 0. The van der Waals surface area contributed by atoms with E-state index in [4.69, 9.17) is 4.84 Å². The van der Waals surface area contributed by atoms with Crippen LogP contribution in [-0.4, -0.2) is 11.3 Å². The average molecular weight is 190 g/mol. The molecule has 0 aliphatic rings. The van der Waals surface area contributed by atoms with Gasteiger partial charge < -0.3 is 4.84 Å². The molecule has 2 nitrogen and oxygen atoms in total. The molecule has 0 saturated heterocycles. The second kappa shape index (κ2) is 4.27. The summed E-state index contributed by atoms with van der Waals surface area (Å²) in [6.45, 7) is 7.86. The highest BCUT2D eigenvalue weighted by Crippen LogP contribution is 2.09. The highest BCUT2D eigenvalue weighted by atomic mass is 16.6. The summed E-state index contributed by atoms with van der Waals surface area (Å²) in [5.41, 5.74) is 1.71. The Labute approximate surface area is 85.6 Å². The third kappa shape index (κ3) is 3.60. The van der Waals surface area contributed by atoms with Crippen LogP contribution in [0.1, 0.15) is 33.3 Å². The SMILES string of the molecule is C/C(=N\OC(C)(C)C)c1cc[c]cc1. The molecule has 0 aromatic heterocycles. The van der Waals surface area contributed by atoms with Gasteiger partial charge in [-0.15, -0.1) is 0 Å². The first kappa shape index (κ1) is 10.8. The third-order valence-corrected chi connectivity index (χ3v) is 1.59. The highest BCUT2D eigenvalue weighted by molar-refractivity contribution is 5.98. The van der Waals surface area contributed by atoms with Crippen LogP contribution in [0, 0.1) is 6.07 Å². The van der Waals surface area contributed by atoms with Crippen LogP contribution in [0.3, 0.4) is 0 Å². The van der Waals surface area contributed by atoms with Crippen LogP contribution in [0.15, 0.2) is 29.4 Å². The lowest BCUT2D eigenvalue weighted by molar-refractivity contribution is 0.000956. The van der Waals surface area contributed by atoms with Gasteiger partial charge in [0.15, 0.2) is 0 Å². The van der Waals surface area contributed by atoms with E-state index in [1.807, 2.05) is 52.0 Å². The van der Waals surface area contributed by atoms with Gasteiger partial charge >= 0.3 is 0 Å². The third-order valence-electron chi connectivity index (χ3n) is 1.59. The van der Waals surface area contributed by atoms with Crippen LogP contribution in [0.2, 0.25) is 0 Å². The van der Waals surface area contributed by atoms with E-state index in [1.165, 1.54) is 0 Å². The first-order chi connectivity index (χ1) is 6.49. The van der Waals surface area contributed by atoms with E-state index in [2.05, 4.69) is 11.2 Å². The summed E-state index contributed by atoms with van der Waals surface area (Å²) < 4.78 is 0. The van der Waals surface area contributed by atoms with Crippen molar-refractivity contribution >= 4 is 5.71 Å². The lowest BCUT2D eigenvalue weighted by atomic mass is 10.1. The number of hydrogen-bond acceptors (Lipinski definition) is 2. The molecule has 0 atom stereocenters. The number of rotatable bonds is 2. The molecule has 0 aliphatic heterocycles. The van der Waals surface area contributed by atoms with Crippen molar-refractivity contribution in [2.24, 2.45) is 5.16 Å². The zero-order valence-corrected chi connectivity index (χ0v) is 9.16. The van der Waals surface area contributed by atoms with E-state index >= 15 is 0 Å². The molecule has 0 N–H and O–H groups in total. The average Bonchev–Trinajstić information content (AvgIpc) is 2.14. The van der Waals surface area contributed by atoms with Crippen molar-refractivity contribution in [3.8, 4) is 0 Å². The predicted molar refractivity (Wildman–Crippen MR) is 58.3 cm³/mol. The molecule has 75 valence electrons. The minimum absolute atomic E-state index is 0.234. The molecular formula is C12H16NO. The molecule has 2 heteroatoms. The van der Waals surface area contributed by atoms with Crippen molar-refractivity contribution in [2.75, 3.05) is 0 Å². The maximum absolute atomic E-state index is 5.32. The van der Waals surface area contributed by atoms with E-state index in [-0.39, 0.29) is 5.60 Å². The molecule has 14 heavy (non-hydrogen) atoms. The molecule has 0 heterocycles. The van der Waals surface area contributed by atoms with Gasteiger partial charge in [-0.2, -0.15) is 0 Å². The molecule has 0 saturated carbocycles. The number of oxime groups is 1. The Morgan fingerprint density at radius 3 is 2.36 bits per heavy atom. The fourth-order valence-corrected chi connectivity index (χ4v) is 0.886. The summed E-state index contributed by atoms with van der Waals surface area (Å²) in [4.78, 5) is 5.32. The molecule has 0 spiro atoms. The minimum Gasteiger partial charge on any atom is -0.390 e. The van der Waals surface area contributed by atoms with E-state index in [0.29, 0.717) is 0 Å². The topological polar surface area (TPSA) is 21.6 Å². The molecule has 1 radical (unpaired) electrons. The first-order valence-corrected chi connectivity index (χ1v) is 4.68. The molecule has 0 bridgehead atoms. The summed E-state index contributed by atoms with van der Waals surface area (Å²) in [5.74, 6) is 0. The quantitative estimate of drug-likeness (QED) is 0.519. The molecule has 0 unspecified atom stereocenters. The van der Waals surface area contributed by atoms with Gasteiger partial charge in [0.25, 0.3) is 0 Å². The van der Waals surface area contributed by atoms with Crippen LogP contribution in [0.4, 0.5) is 0 Å². The zero-order chi connectivity index (χ0) is 10.6. The van der Waals surface area contributed by atoms with Gasteiger partial charge in [0.05, 0.1) is 5.71 Å². The normalized spacial score (nSPS) is 12.7. The van der Waals surface area contributed by atoms with Gasteiger partial charge in [-0.1, -0.05) is 29.4 Å². The summed E-state index contributed by atoms with van der Waals surface area (Å²) in [6, 6.07) is 10.6. The van der Waals surface area contributed by atoms with Gasteiger partial charge in [0.2, 0.25) is 0 Å². The Bertz CT molecular complexity index is 309. The van der Waals surface area contributed by atoms with E-state index in [9.17, 15) is 0 Å².